The molecule has 1 saturated heterocycles. The second-order valence-electron chi connectivity index (χ2n) is 5.51. The van der Waals surface area contributed by atoms with Gasteiger partial charge in [-0.2, -0.15) is 0 Å². The normalized spacial score (nSPS) is 16.0. The van der Waals surface area contributed by atoms with E-state index in [9.17, 15) is 0 Å². The smallest absolute Gasteiger partial charge is 0.191 e. The number of rotatable bonds is 8. The van der Waals surface area contributed by atoms with Gasteiger partial charge in [-0.15, -0.1) is 24.0 Å². The van der Waals surface area contributed by atoms with Crippen LogP contribution in [0.2, 0.25) is 0 Å². The highest BCUT2D eigenvalue weighted by Gasteiger charge is 2.08. The molecule has 0 saturated carbocycles. The molecule has 7 heteroatoms. The van der Waals surface area contributed by atoms with E-state index in [-0.39, 0.29) is 24.0 Å². The summed E-state index contributed by atoms with van der Waals surface area (Å²) >= 11 is 0. The number of ether oxygens (including phenoxy) is 1. The van der Waals surface area contributed by atoms with Crippen molar-refractivity contribution in [2.45, 2.75) is 19.4 Å². The van der Waals surface area contributed by atoms with E-state index in [4.69, 9.17) is 4.74 Å². The van der Waals surface area contributed by atoms with Gasteiger partial charge in [-0.25, -0.2) is 0 Å². The number of aromatic nitrogens is 1. The maximum Gasteiger partial charge on any atom is 0.191 e. The van der Waals surface area contributed by atoms with E-state index < -0.39 is 0 Å². The maximum atomic E-state index is 5.36. The topological polar surface area (TPSA) is 53.8 Å². The van der Waals surface area contributed by atoms with E-state index in [1.165, 1.54) is 13.0 Å². The first kappa shape index (κ1) is 20.2. The van der Waals surface area contributed by atoms with E-state index in [2.05, 4.69) is 37.5 Å². The van der Waals surface area contributed by atoms with E-state index >= 15 is 0 Å². The van der Waals surface area contributed by atoms with Crippen LogP contribution in [0.1, 0.15) is 12.8 Å². The standard InChI is InChI=1S/C16H29N5O.HI/c1-17-16(19-7-11-20-9-4-5-10-20)18-6-2-3-8-21-12-14-22-15-13-21;/h4-5,9-10H,2-3,6-8,11-15H2,1H3,(H2,17,18,19);1H. The average molecular weight is 435 g/mol. The molecule has 1 aliphatic rings. The van der Waals surface area contributed by atoms with Crippen molar-refractivity contribution in [1.29, 1.82) is 0 Å². The van der Waals surface area contributed by atoms with Crippen molar-refractivity contribution in [3.8, 4) is 0 Å². The van der Waals surface area contributed by atoms with Crippen LogP contribution < -0.4 is 10.6 Å². The molecule has 0 bridgehead atoms. The van der Waals surface area contributed by atoms with E-state index in [1.54, 1.807) is 0 Å². The number of hydrogen-bond acceptors (Lipinski definition) is 3. The minimum atomic E-state index is 0. The summed E-state index contributed by atoms with van der Waals surface area (Å²) in [6.07, 6.45) is 6.52. The lowest BCUT2D eigenvalue weighted by Gasteiger charge is -2.26. The third-order valence-electron chi connectivity index (χ3n) is 3.85. The zero-order chi connectivity index (χ0) is 15.5. The molecule has 23 heavy (non-hydrogen) atoms. The molecule has 1 fully saturated rings. The first-order valence-electron chi connectivity index (χ1n) is 8.24. The van der Waals surface area contributed by atoms with Crippen molar-refractivity contribution in [2.75, 3.05) is 53.0 Å². The molecule has 1 aromatic heterocycles. The second-order valence-corrected chi connectivity index (χ2v) is 5.51. The Morgan fingerprint density at radius 1 is 1.04 bits per heavy atom. The van der Waals surface area contributed by atoms with Gasteiger partial charge in [0.25, 0.3) is 0 Å². The highest BCUT2D eigenvalue weighted by atomic mass is 127. The van der Waals surface area contributed by atoms with Gasteiger partial charge < -0.3 is 19.9 Å². The molecular formula is C16H30IN5O. The van der Waals surface area contributed by atoms with Gasteiger partial charge in [0.1, 0.15) is 0 Å². The molecule has 0 aromatic carbocycles. The third-order valence-corrected chi connectivity index (χ3v) is 3.85. The van der Waals surface area contributed by atoms with Crippen LogP contribution in [0.4, 0.5) is 0 Å². The highest BCUT2D eigenvalue weighted by Crippen LogP contribution is 1.99. The lowest BCUT2D eigenvalue weighted by Crippen LogP contribution is -2.40. The average Bonchev–Trinajstić information content (AvgIpc) is 3.07. The molecule has 2 heterocycles. The van der Waals surface area contributed by atoms with Gasteiger partial charge in [0.15, 0.2) is 5.96 Å². The van der Waals surface area contributed by atoms with E-state index in [0.717, 1.165) is 58.3 Å². The number of unbranched alkanes of at least 4 members (excludes halogenated alkanes) is 1. The van der Waals surface area contributed by atoms with Crippen LogP contribution in [0.5, 0.6) is 0 Å². The molecule has 0 aliphatic carbocycles. The largest absolute Gasteiger partial charge is 0.379 e. The molecule has 0 atom stereocenters. The molecule has 0 amide bonds. The van der Waals surface area contributed by atoms with Gasteiger partial charge in [0, 0.05) is 52.2 Å². The quantitative estimate of drug-likeness (QED) is 0.281. The summed E-state index contributed by atoms with van der Waals surface area (Å²) in [5, 5.41) is 6.71. The summed E-state index contributed by atoms with van der Waals surface area (Å²) in [4.78, 5) is 6.73. The van der Waals surface area contributed by atoms with Crippen molar-refractivity contribution in [2.24, 2.45) is 4.99 Å². The Kier molecular flexibility index (Phi) is 11.1. The fourth-order valence-corrected chi connectivity index (χ4v) is 2.54. The first-order valence-corrected chi connectivity index (χ1v) is 8.24. The Hall–Kier alpha value is -0.800. The predicted molar refractivity (Wildman–Crippen MR) is 106 cm³/mol. The number of nitrogens with zero attached hydrogens (tertiary/aromatic N) is 3. The molecular weight excluding hydrogens is 405 g/mol. The van der Waals surface area contributed by atoms with Gasteiger partial charge in [-0.3, -0.25) is 9.89 Å². The second kappa shape index (κ2) is 12.6. The van der Waals surface area contributed by atoms with Gasteiger partial charge in [0.2, 0.25) is 0 Å². The van der Waals surface area contributed by atoms with Crippen LogP contribution >= 0.6 is 24.0 Å². The van der Waals surface area contributed by atoms with E-state index in [1.807, 2.05) is 19.2 Å². The predicted octanol–water partition coefficient (Wildman–Crippen LogP) is 1.38. The summed E-state index contributed by atoms with van der Waals surface area (Å²) < 4.78 is 7.51. The Labute approximate surface area is 156 Å². The minimum Gasteiger partial charge on any atom is -0.379 e. The Morgan fingerprint density at radius 3 is 2.43 bits per heavy atom. The number of hydrogen-bond donors (Lipinski definition) is 2. The molecule has 1 aromatic rings. The molecule has 6 nitrogen and oxygen atoms in total. The number of halogens is 1. The van der Waals surface area contributed by atoms with Gasteiger partial charge in [-0.1, -0.05) is 0 Å². The minimum absolute atomic E-state index is 0. The number of aliphatic imine (C=N–C) groups is 1. The highest BCUT2D eigenvalue weighted by molar-refractivity contribution is 14.0. The van der Waals surface area contributed by atoms with Crippen LogP contribution in [-0.4, -0.2) is 68.4 Å². The Balaban J connectivity index is 0.00000264. The summed E-state index contributed by atoms with van der Waals surface area (Å²) in [7, 11) is 1.82. The maximum absolute atomic E-state index is 5.36. The van der Waals surface area contributed by atoms with Gasteiger partial charge >= 0.3 is 0 Å². The lowest BCUT2D eigenvalue weighted by atomic mass is 10.3. The summed E-state index contributed by atoms with van der Waals surface area (Å²) in [5.74, 6) is 0.888. The van der Waals surface area contributed by atoms with Crippen LogP contribution in [-0.2, 0) is 11.3 Å². The van der Waals surface area contributed by atoms with Crippen LogP contribution in [0, 0.1) is 0 Å². The third kappa shape index (κ3) is 8.57. The van der Waals surface area contributed by atoms with Crippen molar-refractivity contribution in [3.63, 3.8) is 0 Å². The summed E-state index contributed by atoms with van der Waals surface area (Å²) in [5.41, 5.74) is 0. The Bertz CT molecular complexity index is 418. The summed E-state index contributed by atoms with van der Waals surface area (Å²) in [6.45, 7) is 7.89. The fourth-order valence-electron chi connectivity index (χ4n) is 2.54. The molecule has 2 N–H and O–H groups in total. The molecule has 0 spiro atoms. The van der Waals surface area contributed by atoms with Gasteiger partial charge in [-0.05, 0) is 31.5 Å². The zero-order valence-electron chi connectivity index (χ0n) is 14.0. The van der Waals surface area contributed by atoms with E-state index in [0.29, 0.717) is 0 Å². The molecule has 132 valence electrons. The molecule has 0 unspecified atom stereocenters. The molecule has 2 rings (SSSR count). The molecule has 0 radical (unpaired) electrons. The van der Waals surface area contributed by atoms with Crippen molar-refractivity contribution >= 4 is 29.9 Å². The molecule has 1 aliphatic heterocycles. The van der Waals surface area contributed by atoms with Crippen molar-refractivity contribution < 1.29 is 4.74 Å². The number of guanidine groups is 1. The number of morpholine rings is 1. The fraction of sp³-hybridized carbons (Fsp3) is 0.688. The Morgan fingerprint density at radius 2 is 1.74 bits per heavy atom. The van der Waals surface area contributed by atoms with Gasteiger partial charge in [0.05, 0.1) is 13.2 Å². The van der Waals surface area contributed by atoms with Crippen LogP contribution in [0.15, 0.2) is 29.5 Å². The SMILES string of the molecule is CN=C(NCCCCN1CCOCC1)NCCn1cccc1.I. The lowest BCUT2D eigenvalue weighted by molar-refractivity contribution is 0.0372. The van der Waals surface area contributed by atoms with Crippen molar-refractivity contribution in [1.82, 2.24) is 20.1 Å². The first-order chi connectivity index (χ1) is 10.9. The van der Waals surface area contributed by atoms with Crippen molar-refractivity contribution in [3.05, 3.63) is 24.5 Å². The number of nitrogens with one attached hydrogen (secondary N) is 2. The monoisotopic (exact) mass is 435 g/mol. The summed E-state index contributed by atoms with van der Waals surface area (Å²) in [6, 6.07) is 4.09. The zero-order valence-corrected chi connectivity index (χ0v) is 16.4. The van der Waals surface area contributed by atoms with Crippen LogP contribution in [0.3, 0.4) is 0 Å². The van der Waals surface area contributed by atoms with Crippen LogP contribution in [0.25, 0.3) is 0 Å².